The van der Waals surface area contributed by atoms with Crippen molar-refractivity contribution in [2.24, 2.45) is 5.41 Å². The number of amides is 1. The first-order chi connectivity index (χ1) is 11.7. The number of rotatable bonds is 6. The van der Waals surface area contributed by atoms with Gasteiger partial charge in [0.25, 0.3) is 0 Å². The highest BCUT2D eigenvalue weighted by atomic mass is 16.5. The fraction of sp³-hybridized carbons (Fsp3) is 0.650. The summed E-state index contributed by atoms with van der Waals surface area (Å²) in [5.74, 6) is 0.263. The number of nitrogens with zero attached hydrogens (tertiary/aromatic N) is 1. The number of benzene rings is 1. The molecule has 0 aliphatic carbocycles. The zero-order valence-electron chi connectivity index (χ0n) is 14.7. The van der Waals surface area contributed by atoms with E-state index in [9.17, 15) is 4.79 Å². The second-order valence-corrected chi connectivity index (χ2v) is 7.05. The Morgan fingerprint density at radius 2 is 2.21 bits per heavy atom. The molecule has 0 saturated carbocycles. The molecule has 2 aliphatic heterocycles. The van der Waals surface area contributed by atoms with E-state index >= 15 is 0 Å². The highest BCUT2D eigenvalue weighted by Crippen LogP contribution is 2.40. The van der Waals surface area contributed by atoms with Gasteiger partial charge in [-0.1, -0.05) is 30.3 Å². The Morgan fingerprint density at radius 3 is 3.00 bits per heavy atom. The lowest BCUT2D eigenvalue weighted by atomic mass is 9.73. The molecule has 2 atom stereocenters. The molecule has 1 aromatic rings. The van der Waals surface area contributed by atoms with Gasteiger partial charge in [-0.15, -0.1) is 0 Å². The number of hydrogen-bond donors (Lipinski definition) is 0. The molecule has 2 heterocycles. The van der Waals surface area contributed by atoms with E-state index in [-0.39, 0.29) is 17.4 Å². The van der Waals surface area contributed by atoms with Crippen LogP contribution in [0, 0.1) is 5.41 Å². The third kappa shape index (κ3) is 3.98. The molecule has 1 amide bonds. The minimum atomic E-state index is -0.00504. The molecule has 0 radical (unpaired) electrons. The molecule has 1 aromatic carbocycles. The molecule has 0 aromatic heterocycles. The van der Waals surface area contributed by atoms with Crippen LogP contribution >= 0.6 is 0 Å². The topological polar surface area (TPSA) is 38.8 Å². The lowest BCUT2D eigenvalue weighted by molar-refractivity contribution is -0.164. The maximum Gasteiger partial charge on any atom is 0.222 e. The summed E-state index contributed by atoms with van der Waals surface area (Å²) in [6.07, 6.45) is 4.74. The minimum Gasteiger partial charge on any atom is -0.381 e. The molecule has 0 bridgehead atoms. The van der Waals surface area contributed by atoms with Crippen molar-refractivity contribution >= 4 is 5.91 Å². The summed E-state index contributed by atoms with van der Waals surface area (Å²) in [5, 5.41) is 0. The van der Waals surface area contributed by atoms with Gasteiger partial charge in [0, 0.05) is 38.1 Å². The first-order valence-corrected chi connectivity index (χ1v) is 9.24. The summed E-state index contributed by atoms with van der Waals surface area (Å²) in [6, 6.07) is 10.2. The maximum absolute atomic E-state index is 12.7. The van der Waals surface area contributed by atoms with Crippen molar-refractivity contribution in [3.05, 3.63) is 35.9 Å². The van der Waals surface area contributed by atoms with E-state index in [0.717, 1.165) is 52.0 Å². The van der Waals surface area contributed by atoms with Crippen LogP contribution in [0.15, 0.2) is 30.3 Å². The number of hydrogen-bond acceptors (Lipinski definition) is 3. The fourth-order valence-corrected chi connectivity index (χ4v) is 4.07. The van der Waals surface area contributed by atoms with Gasteiger partial charge in [0.1, 0.15) is 0 Å². The van der Waals surface area contributed by atoms with Crippen molar-refractivity contribution in [2.45, 2.75) is 45.1 Å². The molecule has 4 heteroatoms. The number of carbonyl (C=O) groups excluding carboxylic acids is 1. The van der Waals surface area contributed by atoms with Crippen LogP contribution in [-0.4, -0.2) is 49.8 Å². The van der Waals surface area contributed by atoms with Crippen molar-refractivity contribution in [3.63, 3.8) is 0 Å². The molecule has 0 spiro atoms. The second-order valence-electron chi connectivity index (χ2n) is 7.05. The van der Waals surface area contributed by atoms with Gasteiger partial charge in [-0.3, -0.25) is 4.79 Å². The largest absolute Gasteiger partial charge is 0.381 e. The Bertz CT molecular complexity index is 533. The molecule has 2 fully saturated rings. The number of piperidine rings is 1. The SMILES string of the molecule is CCOCC12CCCOC1CCN(C(=O)CCc1ccccc1)C2. The van der Waals surface area contributed by atoms with E-state index in [1.807, 2.05) is 30.0 Å². The molecular formula is C20H29NO3. The molecule has 0 N–H and O–H groups in total. The molecule has 2 saturated heterocycles. The van der Waals surface area contributed by atoms with E-state index in [1.54, 1.807) is 0 Å². The molecule has 2 unspecified atom stereocenters. The van der Waals surface area contributed by atoms with Gasteiger partial charge < -0.3 is 14.4 Å². The summed E-state index contributed by atoms with van der Waals surface area (Å²) >= 11 is 0. The summed E-state index contributed by atoms with van der Waals surface area (Å²) in [4.78, 5) is 14.8. The van der Waals surface area contributed by atoms with Gasteiger partial charge in [-0.25, -0.2) is 0 Å². The Kier molecular flexibility index (Phi) is 5.90. The zero-order chi connectivity index (χ0) is 16.8. The molecule has 3 rings (SSSR count). The Balaban J connectivity index is 1.60. The van der Waals surface area contributed by atoms with E-state index < -0.39 is 0 Å². The second kappa shape index (κ2) is 8.13. The van der Waals surface area contributed by atoms with Gasteiger partial charge in [-0.2, -0.15) is 0 Å². The average molecular weight is 331 g/mol. The van der Waals surface area contributed by atoms with Crippen LogP contribution in [0.1, 0.15) is 38.2 Å². The van der Waals surface area contributed by atoms with Crippen molar-refractivity contribution in [1.82, 2.24) is 4.90 Å². The van der Waals surface area contributed by atoms with Crippen LogP contribution in [0.3, 0.4) is 0 Å². The van der Waals surface area contributed by atoms with Crippen LogP contribution in [0.4, 0.5) is 0 Å². The predicted octanol–water partition coefficient (Wildman–Crippen LogP) is 3.05. The molecule has 4 nitrogen and oxygen atoms in total. The highest BCUT2D eigenvalue weighted by molar-refractivity contribution is 5.76. The lowest BCUT2D eigenvalue weighted by Crippen LogP contribution is -2.58. The van der Waals surface area contributed by atoms with Crippen LogP contribution in [0.25, 0.3) is 0 Å². The number of likely N-dealkylation sites (tertiary alicyclic amines) is 1. The molecule has 24 heavy (non-hydrogen) atoms. The van der Waals surface area contributed by atoms with Crippen molar-refractivity contribution in [1.29, 1.82) is 0 Å². The van der Waals surface area contributed by atoms with E-state index in [2.05, 4.69) is 12.1 Å². The van der Waals surface area contributed by atoms with Crippen LogP contribution in [-0.2, 0) is 20.7 Å². The van der Waals surface area contributed by atoms with E-state index in [1.165, 1.54) is 5.56 Å². The monoisotopic (exact) mass is 331 g/mol. The normalized spacial score (nSPS) is 26.9. The maximum atomic E-state index is 12.7. The van der Waals surface area contributed by atoms with Gasteiger partial charge in [0.2, 0.25) is 5.91 Å². The zero-order valence-corrected chi connectivity index (χ0v) is 14.7. The van der Waals surface area contributed by atoms with Crippen LogP contribution < -0.4 is 0 Å². The minimum absolute atomic E-state index is 0.00504. The molecular weight excluding hydrogens is 302 g/mol. The van der Waals surface area contributed by atoms with Gasteiger partial charge in [0.15, 0.2) is 0 Å². The first-order valence-electron chi connectivity index (χ1n) is 9.24. The lowest BCUT2D eigenvalue weighted by Gasteiger charge is -2.50. The Hall–Kier alpha value is -1.39. The van der Waals surface area contributed by atoms with Crippen molar-refractivity contribution in [2.75, 3.05) is 32.9 Å². The summed E-state index contributed by atoms with van der Waals surface area (Å²) in [7, 11) is 0. The van der Waals surface area contributed by atoms with Crippen LogP contribution in [0.2, 0.25) is 0 Å². The fourth-order valence-electron chi connectivity index (χ4n) is 4.07. The van der Waals surface area contributed by atoms with Crippen LogP contribution in [0.5, 0.6) is 0 Å². The summed E-state index contributed by atoms with van der Waals surface area (Å²) in [5.41, 5.74) is 1.22. The van der Waals surface area contributed by atoms with E-state index in [4.69, 9.17) is 9.47 Å². The third-order valence-corrected chi connectivity index (χ3v) is 5.40. The highest BCUT2D eigenvalue weighted by Gasteiger charge is 2.46. The summed E-state index contributed by atoms with van der Waals surface area (Å²) < 4.78 is 11.8. The number of fused-ring (bicyclic) bond motifs is 1. The number of ether oxygens (including phenoxy) is 2. The number of carbonyl (C=O) groups is 1. The summed E-state index contributed by atoms with van der Waals surface area (Å²) in [6.45, 7) is 5.89. The smallest absolute Gasteiger partial charge is 0.222 e. The molecule has 2 aliphatic rings. The van der Waals surface area contributed by atoms with E-state index in [0.29, 0.717) is 13.0 Å². The Morgan fingerprint density at radius 1 is 1.38 bits per heavy atom. The standard InChI is InChI=1S/C20H29NO3/c1-2-23-16-20-12-6-14-24-18(20)11-13-21(15-20)19(22)10-9-17-7-4-3-5-8-17/h3-5,7-8,18H,2,6,9-16H2,1H3. The number of aryl methyl sites for hydroxylation is 1. The van der Waals surface area contributed by atoms with Gasteiger partial charge >= 0.3 is 0 Å². The Labute approximate surface area is 145 Å². The van der Waals surface area contributed by atoms with Gasteiger partial charge in [-0.05, 0) is 38.2 Å². The quantitative estimate of drug-likeness (QED) is 0.804. The third-order valence-electron chi connectivity index (χ3n) is 5.40. The first kappa shape index (κ1) is 17.4. The predicted molar refractivity (Wildman–Crippen MR) is 93.9 cm³/mol. The van der Waals surface area contributed by atoms with Crippen molar-refractivity contribution in [3.8, 4) is 0 Å². The van der Waals surface area contributed by atoms with Gasteiger partial charge in [0.05, 0.1) is 12.7 Å². The molecule has 132 valence electrons. The van der Waals surface area contributed by atoms with Crippen molar-refractivity contribution < 1.29 is 14.3 Å². The average Bonchev–Trinajstić information content (AvgIpc) is 2.65.